The lowest BCUT2D eigenvalue weighted by Gasteiger charge is -2.09. The Balaban J connectivity index is 1.81. The molecule has 0 aliphatic rings. The summed E-state index contributed by atoms with van der Waals surface area (Å²) in [6.45, 7) is 0.742. The molecule has 0 bridgehead atoms. The summed E-state index contributed by atoms with van der Waals surface area (Å²) in [5.74, 6) is 0.826. The van der Waals surface area contributed by atoms with E-state index in [2.05, 4.69) is 20.0 Å². The second-order valence-corrected chi connectivity index (χ2v) is 4.32. The summed E-state index contributed by atoms with van der Waals surface area (Å²) < 4.78 is 3.93. The van der Waals surface area contributed by atoms with Crippen LogP contribution in [0.3, 0.4) is 0 Å². The maximum Gasteiger partial charge on any atom is 0.207 e. The SMILES string of the molecule is Cn1nccc1Cn1ccnc1Nc1ccccc1. The van der Waals surface area contributed by atoms with Gasteiger partial charge in [-0.05, 0) is 18.2 Å². The van der Waals surface area contributed by atoms with Gasteiger partial charge in [-0.2, -0.15) is 5.10 Å². The van der Waals surface area contributed by atoms with Gasteiger partial charge in [-0.1, -0.05) is 18.2 Å². The van der Waals surface area contributed by atoms with Gasteiger partial charge in [0.05, 0.1) is 12.2 Å². The van der Waals surface area contributed by atoms with Gasteiger partial charge in [0.2, 0.25) is 5.95 Å². The first kappa shape index (κ1) is 11.5. The van der Waals surface area contributed by atoms with Gasteiger partial charge in [0.15, 0.2) is 0 Å². The second kappa shape index (κ2) is 4.97. The van der Waals surface area contributed by atoms with Crippen molar-refractivity contribution in [3.05, 3.63) is 60.7 Å². The van der Waals surface area contributed by atoms with Gasteiger partial charge in [-0.3, -0.25) is 4.68 Å². The van der Waals surface area contributed by atoms with Crippen LogP contribution in [0.25, 0.3) is 0 Å². The number of rotatable bonds is 4. The molecule has 5 heteroatoms. The van der Waals surface area contributed by atoms with Crippen LogP contribution in [0.1, 0.15) is 5.69 Å². The first-order valence-corrected chi connectivity index (χ1v) is 6.13. The number of hydrogen-bond donors (Lipinski definition) is 1. The van der Waals surface area contributed by atoms with E-state index in [1.807, 2.05) is 54.3 Å². The molecule has 0 saturated carbocycles. The summed E-state index contributed by atoms with van der Waals surface area (Å²) in [6.07, 6.45) is 5.55. The minimum Gasteiger partial charge on any atom is -0.326 e. The van der Waals surface area contributed by atoms with E-state index in [-0.39, 0.29) is 0 Å². The monoisotopic (exact) mass is 253 g/mol. The Labute approximate surface area is 111 Å². The van der Waals surface area contributed by atoms with Crippen molar-refractivity contribution in [2.24, 2.45) is 7.05 Å². The molecule has 0 spiro atoms. The first-order chi connectivity index (χ1) is 9.33. The number of nitrogens with zero attached hydrogens (tertiary/aromatic N) is 4. The number of anilines is 2. The van der Waals surface area contributed by atoms with Crippen LogP contribution in [0.5, 0.6) is 0 Å². The van der Waals surface area contributed by atoms with Crippen molar-refractivity contribution in [2.45, 2.75) is 6.54 Å². The fourth-order valence-electron chi connectivity index (χ4n) is 1.94. The molecule has 0 aliphatic heterocycles. The molecule has 2 aromatic heterocycles. The second-order valence-electron chi connectivity index (χ2n) is 4.32. The van der Waals surface area contributed by atoms with Gasteiger partial charge in [-0.15, -0.1) is 0 Å². The van der Waals surface area contributed by atoms with Crippen molar-refractivity contribution in [1.82, 2.24) is 19.3 Å². The third kappa shape index (κ3) is 2.49. The van der Waals surface area contributed by atoms with Crippen LogP contribution >= 0.6 is 0 Å². The van der Waals surface area contributed by atoms with Crippen molar-refractivity contribution < 1.29 is 0 Å². The molecule has 1 N–H and O–H groups in total. The molecule has 0 unspecified atom stereocenters. The van der Waals surface area contributed by atoms with Gasteiger partial charge in [0, 0.05) is 31.3 Å². The topological polar surface area (TPSA) is 47.7 Å². The molecule has 5 nitrogen and oxygen atoms in total. The third-order valence-corrected chi connectivity index (χ3v) is 3.00. The molecule has 0 radical (unpaired) electrons. The average Bonchev–Trinajstić information content (AvgIpc) is 3.02. The fourth-order valence-corrected chi connectivity index (χ4v) is 1.94. The highest BCUT2D eigenvalue weighted by atomic mass is 15.3. The minimum atomic E-state index is 0.742. The van der Waals surface area contributed by atoms with Gasteiger partial charge in [-0.25, -0.2) is 4.98 Å². The van der Waals surface area contributed by atoms with Crippen molar-refractivity contribution in [2.75, 3.05) is 5.32 Å². The van der Waals surface area contributed by atoms with Gasteiger partial charge in [0.25, 0.3) is 0 Å². The number of hydrogen-bond acceptors (Lipinski definition) is 3. The van der Waals surface area contributed by atoms with E-state index in [4.69, 9.17) is 0 Å². The Morgan fingerprint density at radius 2 is 1.95 bits per heavy atom. The van der Waals surface area contributed by atoms with Crippen molar-refractivity contribution >= 4 is 11.6 Å². The Morgan fingerprint density at radius 1 is 1.11 bits per heavy atom. The molecule has 0 aliphatic carbocycles. The maximum atomic E-state index is 4.34. The van der Waals surface area contributed by atoms with Crippen molar-refractivity contribution in [3.8, 4) is 0 Å². The highest BCUT2D eigenvalue weighted by molar-refractivity contribution is 5.53. The Morgan fingerprint density at radius 3 is 2.68 bits per heavy atom. The molecular formula is C14H15N5. The summed E-state index contributed by atoms with van der Waals surface area (Å²) >= 11 is 0. The first-order valence-electron chi connectivity index (χ1n) is 6.13. The lowest BCUT2D eigenvalue weighted by Crippen LogP contribution is -2.07. The van der Waals surface area contributed by atoms with Gasteiger partial charge < -0.3 is 9.88 Å². The zero-order valence-corrected chi connectivity index (χ0v) is 10.7. The number of aryl methyl sites for hydroxylation is 1. The van der Waals surface area contributed by atoms with Crippen molar-refractivity contribution in [3.63, 3.8) is 0 Å². The van der Waals surface area contributed by atoms with Crippen LogP contribution < -0.4 is 5.32 Å². The van der Waals surface area contributed by atoms with Gasteiger partial charge >= 0.3 is 0 Å². The molecule has 0 fully saturated rings. The third-order valence-electron chi connectivity index (χ3n) is 3.00. The van der Waals surface area contributed by atoms with E-state index >= 15 is 0 Å². The molecule has 0 saturated heterocycles. The lowest BCUT2D eigenvalue weighted by atomic mass is 10.3. The smallest absolute Gasteiger partial charge is 0.207 e. The molecule has 3 aromatic rings. The fraction of sp³-hybridized carbons (Fsp3) is 0.143. The summed E-state index contributed by atoms with van der Waals surface area (Å²) in [7, 11) is 1.94. The standard InChI is InChI=1S/C14H15N5/c1-18-13(7-8-16-18)11-19-10-9-15-14(19)17-12-5-3-2-4-6-12/h2-10H,11H2,1H3,(H,15,17). The van der Waals surface area contributed by atoms with E-state index in [0.717, 1.165) is 23.9 Å². The minimum absolute atomic E-state index is 0.742. The summed E-state index contributed by atoms with van der Waals surface area (Å²) in [5.41, 5.74) is 2.16. The number of nitrogens with one attached hydrogen (secondary N) is 1. The van der Waals surface area contributed by atoms with E-state index < -0.39 is 0 Å². The molecule has 19 heavy (non-hydrogen) atoms. The van der Waals surface area contributed by atoms with Crippen LogP contribution in [0.2, 0.25) is 0 Å². The van der Waals surface area contributed by atoms with Crippen molar-refractivity contribution in [1.29, 1.82) is 0 Å². The van der Waals surface area contributed by atoms with E-state index in [1.54, 1.807) is 12.4 Å². The normalized spacial score (nSPS) is 10.6. The molecular weight excluding hydrogens is 238 g/mol. The molecule has 0 atom stereocenters. The number of benzene rings is 1. The van der Waals surface area contributed by atoms with E-state index in [1.165, 1.54) is 0 Å². The van der Waals surface area contributed by atoms with E-state index in [0.29, 0.717) is 0 Å². The molecule has 3 rings (SSSR count). The Bertz CT molecular complexity index is 653. The molecule has 1 aromatic carbocycles. The van der Waals surface area contributed by atoms with Gasteiger partial charge in [0.1, 0.15) is 0 Å². The summed E-state index contributed by atoms with van der Waals surface area (Å²) in [4.78, 5) is 4.34. The van der Waals surface area contributed by atoms with Crippen LogP contribution in [0.4, 0.5) is 11.6 Å². The highest BCUT2D eigenvalue weighted by Crippen LogP contribution is 2.15. The van der Waals surface area contributed by atoms with Crippen LogP contribution in [0, 0.1) is 0 Å². The predicted molar refractivity (Wildman–Crippen MR) is 74.3 cm³/mol. The Hall–Kier alpha value is -2.56. The molecule has 96 valence electrons. The highest BCUT2D eigenvalue weighted by Gasteiger charge is 2.05. The number of imidazole rings is 1. The van der Waals surface area contributed by atoms with Crippen LogP contribution in [0.15, 0.2) is 55.0 Å². The largest absolute Gasteiger partial charge is 0.326 e. The number of aromatic nitrogens is 4. The Kier molecular flexibility index (Phi) is 3.02. The maximum absolute atomic E-state index is 4.34. The molecule has 2 heterocycles. The number of para-hydroxylation sites is 1. The van der Waals surface area contributed by atoms with Crippen LogP contribution in [-0.4, -0.2) is 19.3 Å². The lowest BCUT2D eigenvalue weighted by molar-refractivity contribution is 0.670. The quantitative estimate of drug-likeness (QED) is 0.776. The van der Waals surface area contributed by atoms with E-state index in [9.17, 15) is 0 Å². The summed E-state index contributed by atoms with van der Waals surface area (Å²) in [5, 5.41) is 7.48. The average molecular weight is 253 g/mol. The van der Waals surface area contributed by atoms with Crippen LogP contribution in [-0.2, 0) is 13.6 Å². The zero-order valence-electron chi connectivity index (χ0n) is 10.7. The molecule has 0 amide bonds. The summed E-state index contributed by atoms with van der Waals surface area (Å²) in [6, 6.07) is 12.0. The zero-order chi connectivity index (χ0) is 13.1. The predicted octanol–water partition coefficient (Wildman–Crippen LogP) is 2.41.